The molecule has 0 aliphatic carbocycles. The molecule has 1 fully saturated rings. The zero-order valence-electron chi connectivity index (χ0n) is 17.1. The molecule has 3 rings (SSSR count). The average Bonchev–Trinajstić information content (AvgIpc) is 2.66. The molecule has 2 unspecified atom stereocenters. The third kappa shape index (κ3) is 5.62. The van der Waals surface area contributed by atoms with Crippen LogP contribution in [0.3, 0.4) is 0 Å². The monoisotopic (exact) mass is 397 g/mol. The van der Waals surface area contributed by atoms with Gasteiger partial charge in [0.05, 0.1) is 17.1 Å². The van der Waals surface area contributed by atoms with Gasteiger partial charge in [0.2, 0.25) is 0 Å². The molecule has 2 aromatic carbocycles. The van der Waals surface area contributed by atoms with Crippen LogP contribution in [0.1, 0.15) is 40.9 Å². The van der Waals surface area contributed by atoms with Crippen molar-refractivity contribution in [3.8, 4) is 0 Å². The Hall–Kier alpha value is -2.77. The summed E-state index contributed by atoms with van der Waals surface area (Å²) in [7, 11) is 0. The number of ether oxygens (including phenoxy) is 1. The molecule has 1 saturated heterocycles. The SMILES string of the molecule is Cc1cc(C(=O)NCc2ccc(CN3CC(C)OC(C)C3)cc2)ccc1[N+](=O)[O-]. The first-order valence-electron chi connectivity index (χ1n) is 9.80. The normalized spacial score (nSPS) is 19.7. The average molecular weight is 397 g/mol. The Labute approximate surface area is 170 Å². The maximum Gasteiger partial charge on any atom is 0.272 e. The molecule has 0 radical (unpaired) electrons. The summed E-state index contributed by atoms with van der Waals surface area (Å²) in [6, 6.07) is 12.6. The number of nitrogens with zero attached hydrogens (tertiary/aromatic N) is 2. The molecular weight excluding hydrogens is 370 g/mol. The predicted octanol–water partition coefficient (Wildman–Crippen LogP) is 3.44. The van der Waals surface area contributed by atoms with E-state index in [2.05, 4.69) is 36.2 Å². The summed E-state index contributed by atoms with van der Waals surface area (Å²) < 4.78 is 5.77. The Morgan fingerprint density at radius 3 is 2.34 bits per heavy atom. The number of benzene rings is 2. The van der Waals surface area contributed by atoms with Crippen molar-refractivity contribution in [2.75, 3.05) is 13.1 Å². The highest BCUT2D eigenvalue weighted by Gasteiger charge is 2.22. The highest BCUT2D eigenvalue weighted by atomic mass is 16.6. The molecule has 7 nitrogen and oxygen atoms in total. The lowest BCUT2D eigenvalue weighted by Crippen LogP contribution is -2.44. The molecule has 1 heterocycles. The van der Waals surface area contributed by atoms with Gasteiger partial charge in [-0.3, -0.25) is 19.8 Å². The van der Waals surface area contributed by atoms with Crippen LogP contribution in [-0.4, -0.2) is 41.0 Å². The van der Waals surface area contributed by atoms with Gasteiger partial charge in [-0.2, -0.15) is 0 Å². The quantitative estimate of drug-likeness (QED) is 0.596. The lowest BCUT2D eigenvalue weighted by atomic mass is 10.1. The Bertz CT molecular complexity index is 872. The minimum Gasteiger partial charge on any atom is -0.373 e. The van der Waals surface area contributed by atoms with Gasteiger partial charge in [0, 0.05) is 43.4 Å². The van der Waals surface area contributed by atoms with Gasteiger partial charge < -0.3 is 10.1 Å². The number of nitro benzene ring substituents is 1. The number of aryl methyl sites for hydroxylation is 1. The molecule has 0 bridgehead atoms. The molecule has 1 aliphatic heterocycles. The largest absolute Gasteiger partial charge is 0.373 e. The molecule has 0 spiro atoms. The van der Waals surface area contributed by atoms with Gasteiger partial charge in [0.1, 0.15) is 0 Å². The van der Waals surface area contributed by atoms with E-state index in [9.17, 15) is 14.9 Å². The summed E-state index contributed by atoms with van der Waals surface area (Å²) in [6.45, 7) is 8.96. The second-order valence-corrected chi connectivity index (χ2v) is 7.71. The standard InChI is InChI=1S/C22H27N3O4/c1-15-10-20(8-9-21(15)25(27)28)22(26)23-11-18-4-6-19(7-5-18)14-24-12-16(2)29-17(3)13-24/h4-10,16-17H,11-14H2,1-3H3,(H,23,26). The highest BCUT2D eigenvalue weighted by molar-refractivity contribution is 5.94. The fraction of sp³-hybridized carbons (Fsp3) is 0.409. The van der Waals surface area contributed by atoms with Crippen LogP contribution in [0.4, 0.5) is 5.69 Å². The Morgan fingerprint density at radius 1 is 1.14 bits per heavy atom. The van der Waals surface area contributed by atoms with Crippen LogP contribution in [0.5, 0.6) is 0 Å². The van der Waals surface area contributed by atoms with Gasteiger partial charge in [0.25, 0.3) is 11.6 Å². The number of carbonyl (C=O) groups is 1. The van der Waals surface area contributed by atoms with E-state index in [-0.39, 0.29) is 23.8 Å². The summed E-state index contributed by atoms with van der Waals surface area (Å²) in [5.74, 6) is -0.247. The van der Waals surface area contributed by atoms with E-state index >= 15 is 0 Å². The Balaban J connectivity index is 1.54. The number of carbonyl (C=O) groups excluding carboxylic acids is 1. The van der Waals surface area contributed by atoms with Crippen LogP contribution in [0.2, 0.25) is 0 Å². The molecule has 7 heteroatoms. The summed E-state index contributed by atoms with van der Waals surface area (Å²) >= 11 is 0. The van der Waals surface area contributed by atoms with Gasteiger partial charge >= 0.3 is 0 Å². The molecule has 0 aromatic heterocycles. The lowest BCUT2D eigenvalue weighted by molar-refractivity contribution is -0.385. The maximum absolute atomic E-state index is 12.3. The molecular formula is C22H27N3O4. The van der Waals surface area contributed by atoms with E-state index in [1.807, 2.05) is 12.1 Å². The molecule has 154 valence electrons. The Kier molecular flexibility index (Phi) is 6.61. The predicted molar refractivity (Wildman–Crippen MR) is 111 cm³/mol. The number of nitro groups is 1. The third-order valence-electron chi connectivity index (χ3n) is 5.03. The van der Waals surface area contributed by atoms with Gasteiger partial charge in [-0.15, -0.1) is 0 Å². The summed E-state index contributed by atoms with van der Waals surface area (Å²) in [5, 5.41) is 13.8. The summed E-state index contributed by atoms with van der Waals surface area (Å²) in [4.78, 5) is 25.2. The maximum atomic E-state index is 12.3. The third-order valence-corrected chi connectivity index (χ3v) is 5.03. The van der Waals surface area contributed by atoms with Gasteiger partial charge in [0.15, 0.2) is 0 Å². The fourth-order valence-corrected chi connectivity index (χ4v) is 3.72. The fourth-order valence-electron chi connectivity index (χ4n) is 3.72. The first-order chi connectivity index (χ1) is 13.8. The van der Waals surface area contributed by atoms with E-state index in [0.717, 1.165) is 25.2 Å². The van der Waals surface area contributed by atoms with Crippen LogP contribution >= 0.6 is 0 Å². The van der Waals surface area contributed by atoms with Crippen LogP contribution in [0.25, 0.3) is 0 Å². The smallest absolute Gasteiger partial charge is 0.272 e. The van der Waals surface area contributed by atoms with E-state index < -0.39 is 4.92 Å². The van der Waals surface area contributed by atoms with Crippen molar-refractivity contribution < 1.29 is 14.5 Å². The number of hydrogen-bond acceptors (Lipinski definition) is 5. The minimum atomic E-state index is -0.448. The summed E-state index contributed by atoms with van der Waals surface area (Å²) in [5.41, 5.74) is 3.14. The number of amides is 1. The van der Waals surface area contributed by atoms with Crippen molar-refractivity contribution in [3.63, 3.8) is 0 Å². The second kappa shape index (κ2) is 9.15. The number of rotatable bonds is 6. The van der Waals surface area contributed by atoms with Gasteiger partial charge in [-0.25, -0.2) is 0 Å². The van der Waals surface area contributed by atoms with Crippen molar-refractivity contribution in [1.29, 1.82) is 0 Å². The first-order valence-corrected chi connectivity index (χ1v) is 9.80. The molecule has 1 aliphatic rings. The Morgan fingerprint density at radius 2 is 1.76 bits per heavy atom. The van der Waals surface area contributed by atoms with Crippen molar-refractivity contribution in [3.05, 3.63) is 74.8 Å². The molecule has 1 amide bonds. The van der Waals surface area contributed by atoms with Gasteiger partial charge in [-0.1, -0.05) is 24.3 Å². The van der Waals surface area contributed by atoms with Crippen LogP contribution in [-0.2, 0) is 17.8 Å². The second-order valence-electron chi connectivity index (χ2n) is 7.71. The first kappa shape index (κ1) is 21.0. The van der Waals surface area contributed by atoms with E-state index in [0.29, 0.717) is 17.7 Å². The lowest BCUT2D eigenvalue weighted by Gasteiger charge is -2.35. The van der Waals surface area contributed by atoms with Crippen LogP contribution < -0.4 is 5.32 Å². The highest BCUT2D eigenvalue weighted by Crippen LogP contribution is 2.19. The van der Waals surface area contributed by atoms with E-state index in [1.165, 1.54) is 17.7 Å². The van der Waals surface area contributed by atoms with Crippen molar-refractivity contribution in [2.45, 2.75) is 46.1 Å². The topological polar surface area (TPSA) is 84.7 Å². The van der Waals surface area contributed by atoms with E-state index in [4.69, 9.17) is 4.74 Å². The minimum absolute atomic E-state index is 0.0150. The van der Waals surface area contributed by atoms with Crippen molar-refractivity contribution in [2.24, 2.45) is 0 Å². The number of hydrogen-bond donors (Lipinski definition) is 1. The molecule has 1 N–H and O–H groups in total. The number of morpholine rings is 1. The van der Waals surface area contributed by atoms with Crippen LogP contribution in [0, 0.1) is 17.0 Å². The van der Waals surface area contributed by atoms with Crippen molar-refractivity contribution in [1.82, 2.24) is 10.2 Å². The summed E-state index contributed by atoms with van der Waals surface area (Å²) in [6.07, 6.45) is 0.493. The van der Waals surface area contributed by atoms with E-state index in [1.54, 1.807) is 13.0 Å². The molecule has 0 saturated carbocycles. The molecule has 29 heavy (non-hydrogen) atoms. The van der Waals surface area contributed by atoms with Crippen LogP contribution in [0.15, 0.2) is 42.5 Å². The zero-order chi connectivity index (χ0) is 21.0. The van der Waals surface area contributed by atoms with Crippen molar-refractivity contribution >= 4 is 11.6 Å². The molecule has 2 atom stereocenters. The van der Waals surface area contributed by atoms with Gasteiger partial charge in [-0.05, 0) is 44.0 Å². The molecule has 2 aromatic rings. The number of nitrogens with one attached hydrogen (secondary N) is 1. The zero-order valence-corrected chi connectivity index (χ0v) is 17.1.